The summed E-state index contributed by atoms with van der Waals surface area (Å²) in [7, 11) is 0. The Balaban J connectivity index is 2.27. The van der Waals surface area contributed by atoms with Crippen LogP contribution < -0.4 is 11.5 Å². The van der Waals surface area contributed by atoms with Crippen LogP contribution in [0.4, 0.5) is 15.8 Å². The molecule has 2 aromatic rings. The van der Waals surface area contributed by atoms with Crippen molar-refractivity contribution < 1.29 is 4.39 Å². The topological polar surface area (TPSA) is 64.9 Å². The number of nitrogen functional groups attached to an aromatic ring is 2. The average molecular weight is 217 g/mol. The number of benzene rings is 1. The van der Waals surface area contributed by atoms with E-state index in [1.165, 1.54) is 12.1 Å². The molecule has 16 heavy (non-hydrogen) atoms. The Hall–Kier alpha value is -2.10. The first kappa shape index (κ1) is 10.4. The van der Waals surface area contributed by atoms with E-state index in [1.54, 1.807) is 24.4 Å². The van der Waals surface area contributed by atoms with Gasteiger partial charge in [-0.1, -0.05) is 12.1 Å². The number of pyridine rings is 1. The van der Waals surface area contributed by atoms with E-state index in [-0.39, 0.29) is 5.82 Å². The monoisotopic (exact) mass is 217 g/mol. The third kappa shape index (κ3) is 2.11. The number of nitrogens with two attached hydrogens (primary N) is 2. The van der Waals surface area contributed by atoms with Crippen LogP contribution in [-0.4, -0.2) is 4.98 Å². The summed E-state index contributed by atoms with van der Waals surface area (Å²) in [6.07, 6.45) is 2.17. The van der Waals surface area contributed by atoms with Crippen molar-refractivity contribution in [3.05, 3.63) is 53.6 Å². The van der Waals surface area contributed by atoms with E-state index in [0.717, 1.165) is 5.56 Å². The fraction of sp³-hybridized carbons (Fsp3) is 0.0833. The first-order chi connectivity index (χ1) is 7.66. The molecule has 0 saturated carbocycles. The summed E-state index contributed by atoms with van der Waals surface area (Å²) >= 11 is 0. The summed E-state index contributed by atoms with van der Waals surface area (Å²) in [5.74, 6) is -0.253. The first-order valence-electron chi connectivity index (χ1n) is 4.90. The van der Waals surface area contributed by atoms with E-state index in [4.69, 9.17) is 11.5 Å². The first-order valence-corrected chi connectivity index (χ1v) is 4.90. The molecule has 2 rings (SSSR count). The summed E-state index contributed by atoms with van der Waals surface area (Å²) in [6.45, 7) is 0. The smallest absolute Gasteiger partial charge is 0.123 e. The number of aromatic nitrogens is 1. The maximum Gasteiger partial charge on any atom is 0.123 e. The van der Waals surface area contributed by atoms with E-state index < -0.39 is 0 Å². The minimum Gasteiger partial charge on any atom is -0.397 e. The molecule has 0 spiro atoms. The Kier molecular flexibility index (Phi) is 2.72. The third-order valence-electron chi connectivity index (χ3n) is 2.39. The molecule has 0 fully saturated rings. The van der Waals surface area contributed by atoms with Crippen LogP contribution in [0, 0.1) is 5.82 Å². The Morgan fingerprint density at radius 1 is 1.06 bits per heavy atom. The van der Waals surface area contributed by atoms with Gasteiger partial charge in [0.15, 0.2) is 0 Å². The quantitative estimate of drug-likeness (QED) is 0.808. The molecular weight excluding hydrogens is 205 g/mol. The molecule has 0 amide bonds. The highest BCUT2D eigenvalue weighted by Crippen LogP contribution is 2.19. The summed E-state index contributed by atoms with van der Waals surface area (Å²) in [5.41, 5.74) is 14.1. The van der Waals surface area contributed by atoms with Crippen LogP contribution >= 0.6 is 0 Å². The fourth-order valence-electron chi connectivity index (χ4n) is 1.47. The molecule has 0 atom stereocenters. The molecule has 1 heterocycles. The van der Waals surface area contributed by atoms with Crippen molar-refractivity contribution in [3.8, 4) is 0 Å². The van der Waals surface area contributed by atoms with Crippen LogP contribution in [0.2, 0.25) is 0 Å². The Labute approximate surface area is 92.9 Å². The molecule has 0 aliphatic carbocycles. The number of hydrogen-bond acceptors (Lipinski definition) is 3. The highest BCUT2D eigenvalue weighted by Gasteiger charge is 2.05. The van der Waals surface area contributed by atoms with Gasteiger partial charge >= 0.3 is 0 Å². The van der Waals surface area contributed by atoms with Gasteiger partial charge in [0.2, 0.25) is 0 Å². The molecule has 4 heteroatoms. The third-order valence-corrected chi connectivity index (χ3v) is 2.39. The van der Waals surface area contributed by atoms with Gasteiger partial charge in [-0.2, -0.15) is 0 Å². The molecule has 1 aromatic carbocycles. The van der Waals surface area contributed by atoms with Gasteiger partial charge in [-0.3, -0.25) is 4.98 Å². The van der Waals surface area contributed by atoms with Gasteiger partial charge in [0.25, 0.3) is 0 Å². The Morgan fingerprint density at radius 3 is 2.44 bits per heavy atom. The molecular formula is C12H12FN3. The summed E-state index contributed by atoms with van der Waals surface area (Å²) in [5, 5.41) is 0. The molecule has 0 radical (unpaired) electrons. The maximum absolute atomic E-state index is 12.7. The molecule has 0 aliphatic rings. The van der Waals surface area contributed by atoms with Crippen LogP contribution in [0.25, 0.3) is 0 Å². The standard InChI is InChI=1S/C12H12FN3/c13-9-3-1-8(2-4-9)7-11-12(15)10(14)5-6-16-11/h1-6H,7,15H2,(H2,14,16). The molecule has 0 bridgehead atoms. The molecule has 1 aromatic heterocycles. The summed E-state index contributed by atoms with van der Waals surface area (Å²) in [4.78, 5) is 4.16. The minimum atomic E-state index is -0.253. The predicted octanol–water partition coefficient (Wildman–Crippen LogP) is 1.98. The molecule has 0 unspecified atom stereocenters. The van der Waals surface area contributed by atoms with Gasteiger partial charge in [0.05, 0.1) is 17.1 Å². The number of nitrogens with zero attached hydrogens (tertiary/aromatic N) is 1. The van der Waals surface area contributed by atoms with Crippen molar-refractivity contribution in [1.29, 1.82) is 0 Å². The second kappa shape index (κ2) is 4.18. The molecule has 0 aliphatic heterocycles. The number of hydrogen-bond donors (Lipinski definition) is 2. The zero-order valence-corrected chi connectivity index (χ0v) is 8.65. The van der Waals surface area contributed by atoms with Crippen molar-refractivity contribution in [2.24, 2.45) is 0 Å². The molecule has 4 N–H and O–H groups in total. The van der Waals surface area contributed by atoms with Crippen LogP contribution in [0.3, 0.4) is 0 Å². The van der Waals surface area contributed by atoms with Crippen molar-refractivity contribution in [2.75, 3.05) is 11.5 Å². The number of anilines is 2. The van der Waals surface area contributed by atoms with Gasteiger partial charge in [0, 0.05) is 12.6 Å². The van der Waals surface area contributed by atoms with E-state index in [2.05, 4.69) is 4.98 Å². The lowest BCUT2D eigenvalue weighted by molar-refractivity contribution is 0.627. The SMILES string of the molecule is Nc1ccnc(Cc2ccc(F)cc2)c1N. The Morgan fingerprint density at radius 2 is 1.75 bits per heavy atom. The predicted molar refractivity (Wildman–Crippen MR) is 62.3 cm³/mol. The van der Waals surface area contributed by atoms with E-state index in [9.17, 15) is 4.39 Å². The zero-order valence-electron chi connectivity index (χ0n) is 8.65. The molecule has 0 saturated heterocycles. The van der Waals surface area contributed by atoms with Crippen LogP contribution in [-0.2, 0) is 6.42 Å². The van der Waals surface area contributed by atoms with Gasteiger partial charge < -0.3 is 11.5 Å². The van der Waals surface area contributed by atoms with Crippen molar-refractivity contribution in [1.82, 2.24) is 4.98 Å². The fourth-order valence-corrected chi connectivity index (χ4v) is 1.47. The number of halogens is 1. The van der Waals surface area contributed by atoms with E-state index >= 15 is 0 Å². The number of rotatable bonds is 2. The lowest BCUT2D eigenvalue weighted by Gasteiger charge is -2.06. The second-order valence-electron chi connectivity index (χ2n) is 3.56. The van der Waals surface area contributed by atoms with Crippen LogP contribution in [0.5, 0.6) is 0 Å². The normalized spacial score (nSPS) is 10.3. The maximum atomic E-state index is 12.7. The summed E-state index contributed by atoms with van der Waals surface area (Å²) < 4.78 is 12.7. The van der Waals surface area contributed by atoms with Gasteiger partial charge in [0.1, 0.15) is 5.82 Å². The Bertz CT molecular complexity index is 494. The van der Waals surface area contributed by atoms with Crippen molar-refractivity contribution in [2.45, 2.75) is 6.42 Å². The molecule has 82 valence electrons. The van der Waals surface area contributed by atoms with Crippen LogP contribution in [0.15, 0.2) is 36.5 Å². The molecule has 3 nitrogen and oxygen atoms in total. The van der Waals surface area contributed by atoms with Crippen molar-refractivity contribution in [3.63, 3.8) is 0 Å². The highest BCUT2D eigenvalue weighted by atomic mass is 19.1. The zero-order chi connectivity index (χ0) is 11.5. The van der Waals surface area contributed by atoms with E-state index in [0.29, 0.717) is 23.5 Å². The largest absolute Gasteiger partial charge is 0.397 e. The lowest BCUT2D eigenvalue weighted by Crippen LogP contribution is -2.02. The van der Waals surface area contributed by atoms with Gasteiger partial charge in [-0.05, 0) is 23.8 Å². The van der Waals surface area contributed by atoms with Crippen LogP contribution in [0.1, 0.15) is 11.3 Å². The minimum absolute atomic E-state index is 0.253. The summed E-state index contributed by atoms with van der Waals surface area (Å²) in [6, 6.07) is 7.90. The highest BCUT2D eigenvalue weighted by molar-refractivity contribution is 5.65. The lowest BCUT2D eigenvalue weighted by atomic mass is 10.1. The average Bonchev–Trinajstić information content (AvgIpc) is 2.28. The van der Waals surface area contributed by atoms with Gasteiger partial charge in [-0.15, -0.1) is 0 Å². The van der Waals surface area contributed by atoms with E-state index in [1.807, 2.05) is 0 Å². The van der Waals surface area contributed by atoms with Gasteiger partial charge in [-0.25, -0.2) is 4.39 Å². The van der Waals surface area contributed by atoms with Crippen molar-refractivity contribution >= 4 is 11.4 Å². The second-order valence-corrected chi connectivity index (χ2v) is 3.56.